The summed E-state index contributed by atoms with van der Waals surface area (Å²) in [4.78, 5) is 16.4. The van der Waals surface area contributed by atoms with E-state index >= 15 is 0 Å². The van der Waals surface area contributed by atoms with E-state index in [4.69, 9.17) is 4.42 Å². The van der Waals surface area contributed by atoms with Crippen molar-refractivity contribution in [1.29, 1.82) is 0 Å². The molecule has 0 bridgehead atoms. The Morgan fingerprint density at radius 1 is 1.00 bits per heavy atom. The number of hydrogen-bond donors (Lipinski definition) is 0. The van der Waals surface area contributed by atoms with E-state index in [1.165, 1.54) is 0 Å². The van der Waals surface area contributed by atoms with Crippen molar-refractivity contribution in [3.8, 4) is 11.5 Å². The molecule has 1 heterocycles. The fourth-order valence-electron chi connectivity index (χ4n) is 1.77. The number of nitrogens with zero attached hydrogens (tertiary/aromatic N) is 1. The molecule has 0 radical (unpaired) electrons. The van der Waals surface area contributed by atoms with Crippen LogP contribution < -0.4 is 5.63 Å². The van der Waals surface area contributed by atoms with Crippen LogP contribution in [0, 0.1) is 0 Å². The fraction of sp³-hybridized carbons (Fsp3) is 0. The van der Waals surface area contributed by atoms with E-state index in [-0.39, 0.29) is 0 Å². The Balaban J connectivity index is 2.31. The molecular weight excluding hydrogens is 374 g/mol. The molecule has 5 heteroatoms. The Kier molecular flexibility index (Phi) is 3.24. The summed E-state index contributed by atoms with van der Waals surface area (Å²) in [7, 11) is 0. The molecule has 0 aliphatic rings. The first kappa shape index (κ1) is 12.6. The lowest BCUT2D eigenvalue weighted by Crippen LogP contribution is -2.03. The highest BCUT2D eigenvalue weighted by atomic mass is 79.9. The lowest BCUT2D eigenvalue weighted by Gasteiger charge is -2.03. The first-order chi connectivity index (χ1) is 9.15. The molecule has 0 aliphatic heterocycles. The second-order valence-corrected chi connectivity index (χ2v) is 5.66. The van der Waals surface area contributed by atoms with Crippen LogP contribution in [0.15, 0.2) is 60.6 Å². The van der Waals surface area contributed by atoms with Crippen molar-refractivity contribution in [1.82, 2.24) is 4.98 Å². The zero-order valence-corrected chi connectivity index (χ0v) is 12.7. The van der Waals surface area contributed by atoms with Gasteiger partial charge in [-0.25, -0.2) is 9.78 Å². The highest BCUT2D eigenvalue weighted by molar-refractivity contribution is 9.13. The van der Waals surface area contributed by atoms with Crippen LogP contribution in [0.4, 0.5) is 0 Å². The maximum Gasteiger partial charge on any atom is 0.347 e. The number of fused-ring (bicyclic) bond motifs is 1. The number of rotatable bonds is 1. The summed E-state index contributed by atoms with van der Waals surface area (Å²) in [5.74, 6) is 0.326. The molecular formula is C14H7Br2NO2. The Bertz CT molecular complexity index is 813. The standard InChI is InChI=1S/C14H7Br2NO2/c15-10-6-9-12(7-11(10)16)17-13(19-14(9)18)8-4-2-1-3-5-8/h1-7H. The molecule has 0 spiro atoms. The summed E-state index contributed by atoms with van der Waals surface area (Å²) in [6.07, 6.45) is 0. The normalized spacial score (nSPS) is 10.8. The molecule has 3 rings (SSSR count). The Labute approximate surface area is 125 Å². The molecule has 2 aromatic carbocycles. The minimum Gasteiger partial charge on any atom is -0.403 e. The van der Waals surface area contributed by atoms with Crippen LogP contribution in [-0.4, -0.2) is 4.98 Å². The first-order valence-electron chi connectivity index (χ1n) is 5.50. The van der Waals surface area contributed by atoms with Gasteiger partial charge in [0.15, 0.2) is 0 Å². The van der Waals surface area contributed by atoms with Crippen molar-refractivity contribution in [2.75, 3.05) is 0 Å². The van der Waals surface area contributed by atoms with Crippen molar-refractivity contribution in [3.05, 3.63) is 61.8 Å². The van der Waals surface area contributed by atoms with Gasteiger partial charge in [-0.15, -0.1) is 0 Å². The van der Waals surface area contributed by atoms with E-state index in [1.807, 2.05) is 30.3 Å². The average molecular weight is 381 g/mol. The summed E-state index contributed by atoms with van der Waals surface area (Å²) in [5.41, 5.74) is 0.989. The average Bonchev–Trinajstić information content (AvgIpc) is 2.42. The molecule has 0 fully saturated rings. The second-order valence-electron chi connectivity index (χ2n) is 3.96. The molecule has 0 aliphatic carbocycles. The largest absolute Gasteiger partial charge is 0.403 e. The van der Waals surface area contributed by atoms with Gasteiger partial charge in [-0.2, -0.15) is 0 Å². The van der Waals surface area contributed by atoms with E-state index in [2.05, 4.69) is 36.8 Å². The zero-order valence-electron chi connectivity index (χ0n) is 9.56. The topological polar surface area (TPSA) is 43.1 Å². The Hall–Kier alpha value is -1.46. The van der Waals surface area contributed by atoms with Crippen LogP contribution in [0.3, 0.4) is 0 Å². The lowest BCUT2D eigenvalue weighted by molar-refractivity contribution is 0.518. The SMILES string of the molecule is O=c1oc(-c2ccccc2)nc2cc(Br)c(Br)cc12. The van der Waals surface area contributed by atoms with Crippen molar-refractivity contribution >= 4 is 42.8 Å². The monoisotopic (exact) mass is 379 g/mol. The number of aromatic nitrogens is 1. The van der Waals surface area contributed by atoms with Crippen LogP contribution in [0.5, 0.6) is 0 Å². The maximum absolute atomic E-state index is 12.0. The third-order valence-corrected chi connectivity index (χ3v) is 4.53. The lowest BCUT2D eigenvalue weighted by atomic mass is 10.2. The molecule has 0 amide bonds. The van der Waals surface area contributed by atoms with E-state index < -0.39 is 5.63 Å². The molecule has 19 heavy (non-hydrogen) atoms. The van der Waals surface area contributed by atoms with Gasteiger partial charge < -0.3 is 4.42 Å². The zero-order chi connectivity index (χ0) is 13.4. The van der Waals surface area contributed by atoms with Crippen LogP contribution >= 0.6 is 31.9 Å². The second kappa shape index (κ2) is 4.90. The summed E-state index contributed by atoms with van der Waals surface area (Å²) in [6.45, 7) is 0. The number of halogens is 2. The molecule has 0 N–H and O–H groups in total. The molecule has 0 atom stereocenters. The summed E-state index contributed by atoms with van der Waals surface area (Å²) >= 11 is 6.76. The van der Waals surface area contributed by atoms with Gasteiger partial charge in [-0.05, 0) is 56.1 Å². The molecule has 1 aromatic heterocycles. The molecule has 0 saturated carbocycles. The van der Waals surface area contributed by atoms with Crippen LogP contribution in [0.25, 0.3) is 22.4 Å². The van der Waals surface area contributed by atoms with Crippen LogP contribution in [0.2, 0.25) is 0 Å². The van der Waals surface area contributed by atoms with Crippen molar-refractivity contribution in [3.63, 3.8) is 0 Å². The molecule has 94 valence electrons. The van der Waals surface area contributed by atoms with Gasteiger partial charge in [0.1, 0.15) is 0 Å². The Morgan fingerprint density at radius 3 is 2.42 bits per heavy atom. The van der Waals surface area contributed by atoms with Gasteiger partial charge in [0.25, 0.3) is 0 Å². The third kappa shape index (κ3) is 2.35. The maximum atomic E-state index is 12.0. The van der Waals surface area contributed by atoms with Gasteiger partial charge in [-0.1, -0.05) is 18.2 Å². The van der Waals surface area contributed by atoms with E-state index in [9.17, 15) is 4.79 Å². The summed E-state index contributed by atoms with van der Waals surface area (Å²) in [6, 6.07) is 12.8. The van der Waals surface area contributed by atoms with Gasteiger partial charge in [0.2, 0.25) is 5.89 Å². The third-order valence-electron chi connectivity index (χ3n) is 2.69. The van der Waals surface area contributed by atoms with Gasteiger partial charge in [0, 0.05) is 14.5 Å². The highest BCUT2D eigenvalue weighted by Gasteiger charge is 2.10. The number of benzene rings is 2. The number of hydrogen-bond acceptors (Lipinski definition) is 3. The van der Waals surface area contributed by atoms with Crippen molar-refractivity contribution in [2.45, 2.75) is 0 Å². The van der Waals surface area contributed by atoms with Crippen molar-refractivity contribution in [2.24, 2.45) is 0 Å². The highest BCUT2D eigenvalue weighted by Crippen LogP contribution is 2.27. The van der Waals surface area contributed by atoms with E-state index in [1.54, 1.807) is 12.1 Å². The first-order valence-corrected chi connectivity index (χ1v) is 7.09. The van der Waals surface area contributed by atoms with Gasteiger partial charge >= 0.3 is 5.63 Å². The molecule has 0 saturated heterocycles. The van der Waals surface area contributed by atoms with Crippen LogP contribution in [0.1, 0.15) is 0 Å². The smallest absolute Gasteiger partial charge is 0.347 e. The van der Waals surface area contributed by atoms with E-state index in [0.29, 0.717) is 16.8 Å². The minimum atomic E-state index is -0.392. The summed E-state index contributed by atoms with van der Waals surface area (Å²) in [5, 5.41) is 0.453. The quantitative estimate of drug-likeness (QED) is 0.629. The molecule has 0 unspecified atom stereocenters. The predicted molar refractivity (Wildman–Crippen MR) is 81.1 cm³/mol. The molecule has 3 aromatic rings. The van der Waals surface area contributed by atoms with Gasteiger partial charge in [0.05, 0.1) is 10.9 Å². The minimum absolute atomic E-state index is 0.326. The van der Waals surface area contributed by atoms with Gasteiger partial charge in [-0.3, -0.25) is 0 Å². The Morgan fingerprint density at radius 2 is 1.68 bits per heavy atom. The molecule has 3 nitrogen and oxygen atoms in total. The van der Waals surface area contributed by atoms with E-state index in [0.717, 1.165) is 14.5 Å². The van der Waals surface area contributed by atoms with Crippen molar-refractivity contribution < 1.29 is 4.42 Å². The van der Waals surface area contributed by atoms with Crippen LogP contribution in [-0.2, 0) is 0 Å². The predicted octanol–water partition coefficient (Wildman–Crippen LogP) is 4.38. The summed E-state index contributed by atoms with van der Waals surface area (Å²) < 4.78 is 6.91. The fourth-order valence-corrected chi connectivity index (χ4v) is 2.45.